The van der Waals surface area contributed by atoms with Gasteiger partial charge in [-0.05, 0) is 55.1 Å². The van der Waals surface area contributed by atoms with Gasteiger partial charge >= 0.3 is 5.97 Å². The second-order valence-corrected chi connectivity index (χ2v) is 7.25. The van der Waals surface area contributed by atoms with E-state index in [-0.39, 0.29) is 17.7 Å². The Hall–Kier alpha value is -2.10. The van der Waals surface area contributed by atoms with Crippen molar-refractivity contribution >= 4 is 17.6 Å². The number of anilines is 1. The Bertz CT molecular complexity index is 703. The van der Waals surface area contributed by atoms with Crippen molar-refractivity contribution in [1.29, 1.82) is 0 Å². The molecule has 0 unspecified atom stereocenters. The van der Waals surface area contributed by atoms with Gasteiger partial charge in [-0.1, -0.05) is 30.4 Å². The lowest BCUT2D eigenvalue weighted by Crippen LogP contribution is -2.48. The van der Waals surface area contributed by atoms with Crippen LogP contribution in [-0.2, 0) is 9.59 Å². The summed E-state index contributed by atoms with van der Waals surface area (Å²) < 4.78 is 0. The number of amides is 1. The molecule has 23 heavy (non-hydrogen) atoms. The summed E-state index contributed by atoms with van der Waals surface area (Å²) in [5, 5.41) is 12.7. The third-order valence-corrected chi connectivity index (χ3v) is 5.97. The Morgan fingerprint density at radius 1 is 1.04 bits per heavy atom. The van der Waals surface area contributed by atoms with E-state index in [1.807, 2.05) is 38.1 Å². The largest absolute Gasteiger partial charge is 0.481 e. The van der Waals surface area contributed by atoms with Gasteiger partial charge in [0.2, 0.25) is 5.91 Å². The summed E-state index contributed by atoms with van der Waals surface area (Å²) in [6, 6.07) is 5.88. The number of aliphatic carboxylic acids is 1. The Balaban J connectivity index is 1.65. The fourth-order valence-electron chi connectivity index (χ4n) is 4.79. The highest BCUT2D eigenvalue weighted by molar-refractivity contribution is 5.97. The van der Waals surface area contributed by atoms with Crippen molar-refractivity contribution in [3.05, 3.63) is 41.5 Å². The molecule has 0 aliphatic heterocycles. The zero-order chi connectivity index (χ0) is 16.3. The van der Waals surface area contributed by atoms with Crippen LogP contribution < -0.4 is 5.32 Å². The number of benzene rings is 1. The van der Waals surface area contributed by atoms with E-state index in [4.69, 9.17) is 0 Å². The molecule has 4 aliphatic rings. The standard InChI is InChI=1S/C19H21NO3/c1-9-4-3-5-10(2)17(9)20-18(21)15-11-6-7-12(14-8-13(11)14)16(15)19(22)23/h3-7,11-16H,8H2,1-2H3,(H,20,21)(H,22,23)/t11-,12-,13-,14-,15+,16-/m0/s1. The highest BCUT2D eigenvalue weighted by atomic mass is 16.4. The van der Waals surface area contributed by atoms with Crippen LogP contribution in [-0.4, -0.2) is 17.0 Å². The second kappa shape index (κ2) is 4.95. The third kappa shape index (κ3) is 2.12. The van der Waals surface area contributed by atoms with E-state index in [1.54, 1.807) is 0 Å². The SMILES string of the molecule is Cc1cccc(C)c1NC(=O)[C@@H]1[C@H]2C=C[C@@H]([C@@H]3C[C@@H]23)[C@@H]1C(=O)O. The van der Waals surface area contributed by atoms with Crippen molar-refractivity contribution in [2.24, 2.45) is 35.5 Å². The first-order valence-electron chi connectivity index (χ1n) is 8.27. The van der Waals surface area contributed by atoms with E-state index in [0.717, 1.165) is 23.2 Å². The molecule has 0 saturated heterocycles. The normalized spacial score (nSPS) is 36.4. The fraction of sp³-hybridized carbons (Fsp3) is 0.474. The molecular weight excluding hydrogens is 290 g/mol. The van der Waals surface area contributed by atoms with E-state index >= 15 is 0 Å². The number of fused-ring (bicyclic) bond motifs is 1. The quantitative estimate of drug-likeness (QED) is 0.843. The fourth-order valence-corrected chi connectivity index (χ4v) is 4.79. The Morgan fingerprint density at radius 3 is 2.17 bits per heavy atom. The molecule has 4 nitrogen and oxygen atoms in total. The number of aryl methyl sites for hydroxylation is 2. The lowest BCUT2D eigenvalue weighted by atomic mass is 9.62. The first kappa shape index (κ1) is 14.5. The van der Waals surface area contributed by atoms with Gasteiger partial charge in [-0.3, -0.25) is 9.59 Å². The molecule has 1 aromatic rings. The number of hydrogen-bond donors (Lipinski definition) is 2. The lowest BCUT2D eigenvalue weighted by Gasteiger charge is -2.41. The molecule has 1 amide bonds. The third-order valence-electron chi connectivity index (χ3n) is 5.97. The summed E-state index contributed by atoms with van der Waals surface area (Å²) in [5.41, 5.74) is 2.83. The molecule has 1 aromatic carbocycles. The molecule has 2 bridgehead atoms. The molecule has 0 heterocycles. The zero-order valence-electron chi connectivity index (χ0n) is 13.3. The minimum absolute atomic E-state index is 0.0243. The molecule has 4 aliphatic carbocycles. The molecule has 2 fully saturated rings. The van der Waals surface area contributed by atoms with Crippen LogP contribution in [0.1, 0.15) is 17.5 Å². The molecule has 0 radical (unpaired) electrons. The van der Waals surface area contributed by atoms with Crippen LogP contribution in [0.2, 0.25) is 0 Å². The lowest BCUT2D eigenvalue weighted by molar-refractivity contribution is -0.152. The summed E-state index contributed by atoms with van der Waals surface area (Å²) in [6.45, 7) is 3.92. The van der Waals surface area contributed by atoms with Gasteiger partial charge in [0, 0.05) is 5.69 Å². The van der Waals surface area contributed by atoms with Gasteiger partial charge in [-0.25, -0.2) is 0 Å². The number of carboxylic acids is 1. The van der Waals surface area contributed by atoms with E-state index in [9.17, 15) is 14.7 Å². The minimum atomic E-state index is -0.837. The van der Waals surface area contributed by atoms with Crippen molar-refractivity contribution in [3.63, 3.8) is 0 Å². The molecule has 0 aromatic heterocycles. The smallest absolute Gasteiger partial charge is 0.307 e. The highest BCUT2D eigenvalue weighted by Crippen LogP contribution is 2.63. The van der Waals surface area contributed by atoms with Gasteiger partial charge in [-0.2, -0.15) is 0 Å². The van der Waals surface area contributed by atoms with Gasteiger partial charge in [0.25, 0.3) is 0 Å². The van der Waals surface area contributed by atoms with E-state index < -0.39 is 17.8 Å². The number of carbonyl (C=O) groups excluding carboxylic acids is 1. The average molecular weight is 311 g/mol. The summed E-state index contributed by atoms with van der Waals surface area (Å²) in [5.74, 6) is -0.921. The second-order valence-electron chi connectivity index (χ2n) is 7.25. The molecule has 4 heteroatoms. The van der Waals surface area contributed by atoms with Crippen LogP contribution in [0.15, 0.2) is 30.4 Å². The number of para-hydroxylation sites is 1. The Kier molecular flexibility index (Phi) is 3.12. The number of nitrogens with one attached hydrogen (secondary N) is 1. The van der Waals surface area contributed by atoms with E-state index in [1.165, 1.54) is 0 Å². The average Bonchev–Trinajstić information content (AvgIpc) is 3.32. The summed E-state index contributed by atoms with van der Waals surface area (Å²) in [6.07, 6.45) is 5.20. The maximum atomic E-state index is 12.9. The van der Waals surface area contributed by atoms with Gasteiger partial charge in [-0.15, -0.1) is 0 Å². The molecule has 5 rings (SSSR count). The topological polar surface area (TPSA) is 66.4 Å². The maximum absolute atomic E-state index is 12.9. The van der Waals surface area contributed by atoms with Gasteiger partial charge < -0.3 is 10.4 Å². The molecule has 0 spiro atoms. The highest BCUT2D eigenvalue weighted by Gasteiger charge is 2.62. The number of allylic oxidation sites excluding steroid dienone is 2. The number of rotatable bonds is 3. The van der Waals surface area contributed by atoms with Gasteiger partial charge in [0.1, 0.15) is 0 Å². The summed E-state index contributed by atoms with van der Waals surface area (Å²) >= 11 is 0. The molecule has 6 atom stereocenters. The van der Waals surface area contributed by atoms with E-state index in [0.29, 0.717) is 11.8 Å². The van der Waals surface area contributed by atoms with Gasteiger partial charge in [0.05, 0.1) is 11.8 Å². The van der Waals surface area contributed by atoms with Gasteiger partial charge in [0.15, 0.2) is 0 Å². The Morgan fingerprint density at radius 2 is 1.61 bits per heavy atom. The monoisotopic (exact) mass is 311 g/mol. The van der Waals surface area contributed by atoms with Crippen LogP contribution in [0.4, 0.5) is 5.69 Å². The first-order chi connectivity index (χ1) is 11.0. The van der Waals surface area contributed by atoms with Crippen molar-refractivity contribution in [1.82, 2.24) is 0 Å². The Labute approximate surface area is 135 Å². The van der Waals surface area contributed by atoms with Crippen LogP contribution in [0.3, 0.4) is 0 Å². The molecule has 2 saturated carbocycles. The van der Waals surface area contributed by atoms with Crippen molar-refractivity contribution in [3.8, 4) is 0 Å². The first-order valence-corrected chi connectivity index (χ1v) is 8.27. The predicted octanol–water partition coefficient (Wildman–Crippen LogP) is 3.01. The van der Waals surface area contributed by atoms with Crippen LogP contribution in [0, 0.1) is 49.4 Å². The number of carboxylic acid groups (broad SMARTS) is 1. The van der Waals surface area contributed by atoms with Crippen LogP contribution in [0.5, 0.6) is 0 Å². The summed E-state index contributed by atoms with van der Waals surface area (Å²) in [4.78, 5) is 24.7. The number of hydrogen-bond acceptors (Lipinski definition) is 2. The van der Waals surface area contributed by atoms with Crippen molar-refractivity contribution < 1.29 is 14.7 Å². The van der Waals surface area contributed by atoms with Crippen molar-refractivity contribution in [2.45, 2.75) is 20.3 Å². The maximum Gasteiger partial charge on any atom is 0.307 e. The molecular formula is C19H21NO3. The predicted molar refractivity (Wildman–Crippen MR) is 86.9 cm³/mol. The van der Waals surface area contributed by atoms with Crippen molar-refractivity contribution in [2.75, 3.05) is 5.32 Å². The molecule has 120 valence electrons. The van der Waals surface area contributed by atoms with Crippen LogP contribution in [0.25, 0.3) is 0 Å². The summed E-state index contributed by atoms with van der Waals surface area (Å²) in [7, 11) is 0. The minimum Gasteiger partial charge on any atom is -0.481 e. The number of carbonyl (C=O) groups is 2. The zero-order valence-corrected chi connectivity index (χ0v) is 13.3. The van der Waals surface area contributed by atoms with Crippen LogP contribution >= 0.6 is 0 Å². The van der Waals surface area contributed by atoms with E-state index in [2.05, 4.69) is 11.4 Å². The molecule has 2 N–H and O–H groups in total.